The molecule has 0 bridgehead atoms. The van der Waals surface area contributed by atoms with Crippen LogP contribution in [0.3, 0.4) is 0 Å². The van der Waals surface area contributed by atoms with E-state index in [4.69, 9.17) is 18.9 Å². The average Bonchev–Trinajstić information content (AvgIpc) is 2.92. The average molecular weight is 578 g/mol. The van der Waals surface area contributed by atoms with Crippen molar-refractivity contribution in [2.75, 3.05) is 6.54 Å². The second kappa shape index (κ2) is 17.6. The third-order valence-electron chi connectivity index (χ3n) is 7.18. The Morgan fingerprint density at radius 1 is 0.902 bits per heavy atom. The largest absolute Gasteiger partial charge is 0.508 e. The van der Waals surface area contributed by atoms with Crippen LogP contribution in [-0.2, 0) is 30.3 Å². The van der Waals surface area contributed by atoms with E-state index in [1.165, 1.54) is 12.1 Å². The zero-order valence-corrected chi connectivity index (χ0v) is 25.1. The Bertz CT molecular complexity index is 1010. The van der Waals surface area contributed by atoms with Crippen LogP contribution < -0.4 is 14.8 Å². The molecule has 2 rings (SSSR count). The maximum absolute atomic E-state index is 12.7. The van der Waals surface area contributed by atoms with E-state index in [1.54, 1.807) is 26.8 Å². The van der Waals surface area contributed by atoms with Gasteiger partial charge >= 0.3 is 24.1 Å². The second-order valence-electron chi connectivity index (χ2n) is 11.1. The van der Waals surface area contributed by atoms with Crippen molar-refractivity contribution >= 4 is 24.1 Å². The van der Waals surface area contributed by atoms with Crippen molar-refractivity contribution in [3.05, 3.63) is 23.8 Å². The molecule has 0 saturated heterocycles. The summed E-state index contributed by atoms with van der Waals surface area (Å²) >= 11 is 0. The van der Waals surface area contributed by atoms with Gasteiger partial charge in [-0.25, -0.2) is 4.79 Å². The van der Waals surface area contributed by atoms with Crippen molar-refractivity contribution in [2.45, 2.75) is 117 Å². The summed E-state index contributed by atoms with van der Waals surface area (Å²) in [6.07, 6.45) is 6.31. The van der Waals surface area contributed by atoms with Crippen molar-refractivity contribution < 1.29 is 43.2 Å². The van der Waals surface area contributed by atoms with Gasteiger partial charge in [-0.05, 0) is 69.6 Å². The molecule has 1 saturated carbocycles. The molecule has 41 heavy (non-hydrogen) atoms. The SMILES string of the molecule is CCCC(C)C(=O)Oc1ccc(C[C@H](NCC(C)OC(=O)OC2CCCCC2)C(=O)O)cc1OC(=O)C(C)CCC. The van der Waals surface area contributed by atoms with Gasteiger partial charge in [0.25, 0.3) is 0 Å². The van der Waals surface area contributed by atoms with Gasteiger partial charge in [0.15, 0.2) is 11.5 Å². The highest BCUT2D eigenvalue weighted by Crippen LogP contribution is 2.31. The normalized spacial score (nSPS) is 16.6. The van der Waals surface area contributed by atoms with Gasteiger partial charge in [-0.3, -0.25) is 14.4 Å². The number of carbonyl (C=O) groups is 4. The third-order valence-corrected chi connectivity index (χ3v) is 7.18. The van der Waals surface area contributed by atoms with E-state index in [2.05, 4.69) is 5.32 Å². The lowest BCUT2D eigenvalue weighted by atomic mass is 9.98. The van der Waals surface area contributed by atoms with Crippen molar-refractivity contribution in [3.8, 4) is 11.5 Å². The van der Waals surface area contributed by atoms with E-state index < -0.39 is 36.2 Å². The molecule has 0 radical (unpaired) electrons. The molecule has 1 aromatic rings. The number of aliphatic carboxylic acids is 1. The maximum Gasteiger partial charge on any atom is 0.508 e. The van der Waals surface area contributed by atoms with E-state index in [1.807, 2.05) is 13.8 Å². The van der Waals surface area contributed by atoms with Gasteiger partial charge in [0.1, 0.15) is 18.2 Å². The molecule has 230 valence electrons. The van der Waals surface area contributed by atoms with E-state index in [-0.39, 0.29) is 42.4 Å². The fraction of sp³-hybridized carbons (Fsp3) is 0.677. The molecule has 10 heteroatoms. The number of esters is 2. The highest BCUT2D eigenvalue weighted by Gasteiger charge is 2.25. The first-order chi connectivity index (χ1) is 19.5. The number of rotatable bonds is 16. The number of benzene rings is 1. The fourth-order valence-corrected chi connectivity index (χ4v) is 4.71. The van der Waals surface area contributed by atoms with Crippen LogP contribution in [0.5, 0.6) is 11.5 Å². The molecule has 10 nitrogen and oxygen atoms in total. The van der Waals surface area contributed by atoms with Crippen LogP contribution in [0.1, 0.15) is 98.0 Å². The van der Waals surface area contributed by atoms with Gasteiger partial charge in [0.05, 0.1) is 11.8 Å². The van der Waals surface area contributed by atoms with Crippen LogP contribution in [0.4, 0.5) is 4.79 Å². The number of ether oxygens (including phenoxy) is 4. The van der Waals surface area contributed by atoms with Crippen LogP contribution >= 0.6 is 0 Å². The first-order valence-corrected chi connectivity index (χ1v) is 14.9. The minimum Gasteiger partial charge on any atom is -0.480 e. The van der Waals surface area contributed by atoms with Crippen LogP contribution in [0.15, 0.2) is 18.2 Å². The summed E-state index contributed by atoms with van der Waals surface area (Å²) in [6.45, 7) is 9.24. The molecule has 2 N–H and O–H groups in total. The number of carboxylic acid groups (broad SMARTS) is 1. The monoisotopic (exact) mass is 577 g/mol. The van der Waals surface area contributed by atoms with Crippen molar-refractivity contribution in [2.24, 2.45) is 11.8 Å². The van der Waals surface area contributed by atoms with E-state index in [9.17, 15) is 24.3 Å². The minimum absolute atomic E-state index is 0.0457. The van der Waals surface area contributed by atoms with Gasteiger partial charge in [-0.15, -0.1) is 0 Å². The molecule has 0 amide bonds. The summed E-state index contributed by atoms with van der Waals surface area (Å²) in [4.78, 5) is 49.4. The summed E-state index contributed by atoms with van der Waals surface area (Å²) < 4.78 is 21.9. The van der Waals surface area contributed by atoms with Crippen LogP contribution in [-0.4, -0.2) is 54.0 Å². The summed E-state index contributed by atoms with van der Waals surface area (Å²) in [5, 5.41) is 12.7. The number of hydrogen-bond donors (Lipinski definition) is 2. The molecule has 0 heterocycles. The predicted octanol–water partition coefficient (Wildman–Crippen LogP) is 5.83. The molecule has 1 aliphatic rings. The Morgan fingerprint density at radius 3 is 2.05 bits per heavy atom. The number of carbonyl (C=O) groups excluding carboxylic acids is 3. The zero-order chi connectivity index (χ0) is 30.4. The minimum atomic E-state index is -1.10. The summed E-state index contributed by atoms with van der Waals surface area (Å²) in [5.41, 5.74) is 0.558. The topological polar surface area (TPSA) is 137 Å². The molecule has 0 aliphatic heterocycles. The predicted molar refractivity (Wildman–Crippen MR) is 153 cm³/mol. The maximum atomic E-state index is 12.7. The summed E-state index contributed by atoms with van der Waals surface area (Å²) in [5.74, 6) is -2.49. The molecule has 1 aromatic carbocycles. The summed E-state index contributed by atoms with van der Waals surface area (Å²) in [6, 6.07) is 3.67. The molecular weight excluding hydrogens is 530 g/mol. The lowest BCUT2D eigenvalue weighted by Crippen LogP contribution is -2.43. The Morgan fingerprint density at radius 2 is 1.49 bits per heavy atom. The lowest BCUT2D eigenvalue weighted by molar-refractivity contribution is -0.141. The third kappa shape index (κ3) is 12.1. The highest BCUT2D eigenvalue weighted by molar-refractivity contribution is 5.78. The smallest absolute Gasteiger partial charge is 0.480 e. The number of hydrogen-bond acceptors (Lipinski definition) is 9. The first kappa shape index (κ1) is 34.1. The van der Waals surface area contributed by atoms with Crippen LogP contribution in [0, 0.1) is 11.8 Å². The molecule has 4 atom stereocenters. The van der Waals surface area contributed by atoms with Gasteiger partial charge in [-0.2, -0.15) is 0 Å². The van der Waals surface area contributed by atoms with Crippen molar-refractivity contribution in [3.63, 3.8) is 0 Å². The van der Waals surface area contributed by atoms with Crippen LogP contribution in [0.25, 0.3) is 0 Å². The van der Waals surface area contributed by atoms with Gasteiger partial charge in [0.2, 0.25) is 0 Å². The summed E-state index contributed by atoms with van der Waals surface area (Å²) in [7, 11) is 0. The first-order valence-electron chi connectivity index (χ1n) is 14.9. The molecule has 1 aliphatic carbocycles. The quantitative estimate of drug-likeness (QED) is 0.182. The molecular formula is C31H47NO9. The Labute approximate surface area is 243 Å². The van der Waals surface area contributed by atoms with E-state index >= 15 is 0 Å². The standard InChI is InChI=1S/C31H47NO9/c1-6-11-20(3)29(35)40-26-16-15-23(18-27(26)41-30(36)21(4)12-7-2)17-25(28(33)34)32-19-22(5)38-31(37)39-24-13-9-8-10-14-24/h15-16,18,20-22,24-25,32H,6-14,17,19H2,1-5H3,(H,33,34)/t20?,21?,22?,25-/m0/s1. The molecule has 3 unspecified atom stereocenters. The molecule has 0 aromatic heterocycles. The van der Waals surface area contributed by atoms with Gasteiger partial charge in [0, 0.05) is 6.54 Å². The number of carboxylic acids is 1. The molecule has 1 fully saturated rings. The Hall–Kier alpha value is -3.14. The fourth-order valence-electron chi connectivity index (χ4n) is 4.71. The van der Waals surface area contributed by atoms with Gasteiger partial charge in [-0.1, -0.05) is 53.0 Å². The lowest BCUT2D eigenvalue weighted by Gasteiger charge is -2.23. The van der Waals surface area contributed by atoms with E-state index in [0.29, 0.717) is 18.4 Å². The Balaban J connectivity index is 2.08. The van der Waals surface area contributed by atoms with Gasteiger partial charge < -0.3 is 29.4 Å². The van der Waals surface area contributed by atoms with E-state index in [0.717, 1.165) is 44.9 Å². The van der Waals surface area contributed by atoms with Crippen molar-refractivity contribution in [1.29, 1.82) is 0 Å². The van der Waals surface area contributed by atoms with Crippen LogP contribution in [0.2, 0.25) is 0 Å². The zero-order valence-electron chi connectivity index (χ0n) is 25.1. The second-order valence-corrected chi connectivity index (χ2v) is 11.1. The highest BCUT2D eigenvalue weighted by atomic mass is 16.7. The number of nitrogens with one attached hydrogen (secondary N) is 1. The Kier molecular flexibility index (Phi) is 14.6. The van der Waals surface area contributed by atoms with Crippen molar-refractivity contribution in [1.82, 2.24) is 5.32 Å². The molecule has 0 spiro atoms.